The van der Waals surface area contributed by atoms with E-state index in [1.807, 2.05) is 12.1 Å². The Hall–Kier alpha value is -5.18. The van der Waals surface area contributed by atoms with Crippen LogP contribution in [0.25, 0.3) is 22.4 Å². The lowest BCUT2D eigenvalue weighted by Gasteiger charge is -2.05. The van der Waals surface area contributed by atoms with Gasteiger partial charge in [0.05, 0.1) is 5.56 Å². The number of hydrogen-bond acceptors (Lipinski definition) is 4. The lowest BCUT2D eigenvalue weighted by Crippen LogP contribution is -2.12. The van der Waals surface area contributed by atoms with Crippen LogP contribution in [0, 0.1) is 10.7 Å². The van der Waals surface area contributed by atoms with E-state index in [4.69, 9.17) is 0 Å². The molecular formula is C27H19FN5O3+. The fraction of sp³-hybridized carbons (Fsp3) is 0. The second-order valence-corrected chi connectivity index (χ2v) is 8.02. The molecule has 2 amide bonds. The largest absolute Gasteiger partial charge is 0.322 e. The maximum absolute atomic E-state index is 13.1. The quantitative estimate of drug-likeness (QED) is 0.271. The first-order valence-electron chi connectivity index (χ1n) is 11.0. The minimum Gasteiger partial charge on any atom is -0.322 e. The smallest absolute Gasteiger partial charge is 0.285 e. The number of H-pyrrole nitrogens is 2. The van der Waals surface area contributed by atoms with Gasteiger partial charge in [-0.05, 0) is 90.1 Å². The van der Waals surface area contributed by atoms with Crippen LogP contribution in [0.3, 0.4) is 0 Å². The van der Waals surface area contributed by atoms with Crippen LogP contribution in [-0.2, 0) is 0 Å². The van der Waals surface area contributed by atoms with Crippen molar-refractivity contribution in [3.8, 4) is 11.4 Å². The summed E-state index contributed by atoms with van der Waals surface area (Å²) in [5.41, 5.74) is 4.63. The monoisotopic (exact) mass is 480 g/mol. The van der Waals surface area contributed by atoms with Crippen LogP contribution in [0.5, 0.6) is 0 Å². The van der Waals surface area contributed by atoms with Crippen LogP contribution in [0.4, 0.5) is 21.5 Å². The lowest BCUT2D eigenvalue weighted by atomic mass is 10.1. The summed E-state index contributed by atoms with van der Waals surface area (Å²) in [7, 11) is 0. The van der Waals surface area contributed by atoms with Gasteiger partial charge in [0, 0.05) is 28.6 Å². The van der Waals surface area contributed by atoms with E-state index in [1.54, 1.807) is 30.3 Å². The van der Waals surface area contributed by atoms with Crippen molar-refractivity contribution in [3.05, 3.63) is 113 Å². The highest BCUT2D eigenvalue weighted by Gasteiger charge is 2.16. The summed E-state index contributed by atoms with van der Waals surface area (Å²) in [6.45, 7) is 0. The van der Waals surface area contributed by atoms with Crippen LogP contribution < -0.4 is 15.6 Å². The van der Waals surface area contributed by atoms with Gasteiger partial charge in [-0.2, -0.15) is 0 Å². The zero-order chi connectivity index (χ0) is 25.1. The Morgan fingerprint density at radius 3 is 1.97 bits per heavy atom. The predicted octanol–water partition coefficient (Wildman–Crippen LogP) is 5.69. The number of carbonyl (C=O) groups excluding carboxylic acids is 2. The number of nitroso groups, excluding NO2 is 1. The fourth-order valence-corrected chi connectivity index (χ4v) is 3.68. The summed E-state index contributed by atoms with van der Waals surface area (Å²) in [4.78, 5) is 42.1. The third-order valence-electron chi connectivity index (χ3n) is 5.57. The molecule has 0 bridgehead atoms. The number of hydrogen-bond donors (Lipinski definition) is 3. The standard InChI is InChI=1S/C27H18FN5O3/c28-19-6-12-21(13-7-19)30-27(35)18-5-14-23-24(15-18)32-25(31-23)16-1-8-20(9-2-16)29-26(34)17-3-10-22(33-36)11-4-17/h1-15H,(H,29,34)(H,30,35)(H,31,32)/p+1. The van der Waals surface area contributed by atoms with Crippen molar-refractivity contribution in [2.24, 2.45) is 5.18 Å². The van der Waals surface area contributed by atoms with Gasteiger partial charge >= 0.3 is 0 Å². The number of nitrogens with one attached hydrogen (secondary N) is 4. The molecule has 176 valence electrons. The molecule has 0 fully saturated rings. The van der Waals surface area contributed by atoms with Crippen molar-refractivity contribution < 1.29 is 19.0 Å². The molecule has 0 spiro atoms. The van der Waals surface area contributed by atoms with Gasteiger partial charge in [0.1, 0.15) is 11.5 Å². The highest BCUT2D eigenvalue weighted by atomic mass is 19.1. The first-order chi connectivity index (χ1) is 17.5. The van der Waals surface area contributed by atoms with Gasteiger partial charge in [-0.25, -0.2) is 14.4 Å². The molecule has 8 nitrogen and oxygen atoms in total. The first-order valence-corrected chi connectivity index (χ1v) is 11.0. The van der Waals surface area contributed by atoms with Crippen molar-refractivity contribution in [1.29, 1.82) is 0 Å². The first kappa shape index (κ1) is 22.6. The number of fused-ring (bicyclic) bond motifs is 1. The Bertz CT molecular complexity index is 1580. The van der Waals surface area contributed by atoms with E-state index in [-0.39, 0.29) is 23.3 Å². The fourth-order valence-electron chi connectivity index (χ4n) is 3.68. The molecule has 0 aliphatic carbocycles. The molecule has 0 atom stereocenters. The Morgan fingerprint density at radius 2 is 1.33 bits per heavy atom. The van der Waals surface area contributed by atoms with Gasteiger partial charge in [-0.3, -0.25) is 9.59 Å². The van der Waals surface area contributed by atoms with E-state index in [0.29, 0.717) is 22.5 Å². The van der Waals surface area contributed by atoms with Crippen molar-refractivity contribution in [2.45, 2.75) is 0 Å². The number of nitrogens with zero attached hydrogens (tertiary/aromatic N) is 1. The number of imidazole rings is 1. The normalized spacial score (nSPS) is 10.7. The van der Waals surface area contributed by atoms with Crippen LogP contribution in [0.2, 0.25) is 0 Å². The molecular weight excluding hydrogens is 461 g/mol. The van der Waals surface area contributed by atoms with Crippen molar-refractivity contribution in [2.75, 3.05) is 10.6 Å². The average Bonchev–Trinajstić information content (AvgIpc) is 3.34. The molecule has 0 unspecified atom stereocenters. The van der Waals surface area contributed by atoms with Crippen molar-refractivity contribution >= 4 is 39.9 Å². The summed E-state index contributed by atoms with van der Waals surface area (Å²) >= 11 is 0. The molecule has 0 radical (unpaired) electrons. The third-order valence-corrected chi connectivity index (χ3v) is 5.57. The molecule has 1 aromatic heterocycles. The van der Waals surface area contributed by atoms with Gasteiger partial charge in [0.25, 0.3) is 17.6 Å². The van der Waals surface area contributed by atoms with E-state index in [0.717, 1.165) is 22.4 Å². The summed E-state index contributed by atoms with van der Waals surface area (Å²) in [5.74, 6) is -0.251. The summed E-state index contributed by atoms with van der Waals surface area (Å²) in [6, 6.07) is 24.1. The summed E-state index contributed by atoms with van der Waals surface area (Å²) in [6.07, 6.45) is 0. The summed E-state index contributed by atoms with van der Waals surface area (Å²) < 4.78 is 13.1. The average molecular weight is 480 g/mol. The van der Waals surface area contributed by atoms with Gasteiger partial charge in [-0.15, -0.1) is 4.91 Å². The number of aromatic nitrogens is 2. The molecule has 0 aliphatic heterocycles. The number of aromatic amines is 2. The van der Waals surface area contributed by atoms with E-state index in [9.17, 15) is 18.9 Å². The zero-order valence-corrected chi connectivity index (χ0v) is 18.7. The zero-order valence-electron chi connectivity index (χ0n) is 18.7. The van der Waals surface area contributed by atoms with Crippen LogP contribution in [0.1, 0.15) is 20.7 Å². The van der Waals surface area contributed by atoms with Crippen LogP contribution >= 0.6 is 0 Å². The molecule has 0 saturated carbocycles. The molecule has 4 aromatic carbocycles. The molecule has 5 rings (SSSR count). The third kappa shape index (κ3) is 4.85. The lowest BCUT2D eigenvalue weighted by molar-refractivity contribution is -0.330. The molecule has 1 heterocycles. The molecule has 0 saturated heterocycles. The Balaban J connectivity index is 1.29. The number of rotatable bonds is 6. The SMILES string of the molecule is O=Nc1ccc(C(=O)Nc2ccc(-c3[nH]c4cc(C(=O)Nc5ccc(F)cc5)ccc4[nH+]3)cc2)cc1. The number of amides is 2. The van der Waals surface area contributed by atoms with Crippen LogP contribution in [-0.4, -0.2) is 16.8 Å². The number of halogens is 1. The molecule has 0 aliphatic rings. The minimum absolute atomic E-state index is 0.256. The maximum Gasteiger partial charge on any atom is 0.285 e. The maximum atomic E-state index is 13.1. The highest BCUT2D eigenvalue weighted by Crippen LogP contribution is 2.21. The van der Waals surface area contributed by atoms with Crippen molar-refractivity contribution in [1.82, 2.24) is 4.98 Å². The van der Waals surface area contributed by atoms with Crippen molar-refractivity contribution in [3.63, 3.8) is 0 Å². The Labute approximate surface area is 204 Å². The Morgan fingerprint density at radius 1 is 0.750 bits per heavy atom. The minimum atomic E-state index is -0.373. The van der Waals surface area contributed by atoms with E-state index in [2.05, 4.69) is 25.8 Å². The molecule has 36 heavy (non-hydrogen) atoms. The van der Waals surface area contributed by atoms with E-state index < -0.39 is 0 Å². The number of anilines is 2. The van der Waals surface area contributed by atoms with E-state index >= 15 is 0 Å². The molecule has 5 aromatic rings. The predicted molar refractivity (Wildman–Crippen MR) is 134 cm³/mol. The van der Waals surface area contributed by atoms with Gasteiger partial charge in [0.15, 0.2) is 11.0 Å². The van der Waals surface area contributed by atoms with Gasteiger partial charge in [0.2, 0.25) is 0 Å². The molecule has 4 N–H and O–H groups in total. The van der Waals surface area contributed by atoms with Gasteiger partial charge in [-0.1, -0.05) is 0 Å². The highest BCUT2D eigenvalue weighted by molar-refractivity contribution is 6.06. The number of carbonyl (C=O) groups is 2. The topological polar surface area (TPSA) is 118 Å². The number of benzene rings is 4. The Kier molecular flexibility index (Phi) is 6.02. The summed E-state index contributed by atoms with van der Waals surface area (Å²) in [5, 5.41) is 8.38. The van der Waals surface area contributed by atoms with Crippen LogP contribution in [0.15, 0.2) is 96.2 Å². The second-order valence-electron chi connectivity index (χ2n) is 8.02. The van der Waals surface area contributed by atoms with Gasteiger partial charge < -0.3 is 10.6 Å². The second kappa shape index (κ2) is 9.59. The van der Waals surface area contributed by atoms with E-state index in [1.165, 1.54) is 48.5 Å². The molecule has 9 heteroatoms.